The zero-order valence-corrected chi connectivity index (χ0v) is 12.6. The molecule has 0 fully saturated rings. The van der Waals surface area contributed by atoms with E-state index in [0.717, 1.165) is 6.07 Å². The van der Waals surface area contributed by atoms with Gasteiger partial charge in [-0.25, -0.2) is 0 Å². The summed E-state index contributed by atoms with van der Waals surface area (Å²) in [5.74, 6) is -0.201. The lowest BCUT2D eigenvalue weighted by atomic mass is 10.1. The highest BCUT2D eigenvalue weighted by atomic mass is 32.2. The van der Waals surface area contributed by atoms with Crippen molar-refractivity contribution in [3.63, 3.8) is 0 Å². The highest BCUT2D eigenvalue weighted by Gasteiger charge is 2.19. The number of fused-ring (bicyclic) bond motifs is 1. The molecule has 0 bridgehead atoms. The van der Waals surface area contributed by atoms with Crippen LogP contribution in [0.4, 0.5) is 11.4 Å². The zero-order valence-electron chi connectivity index (χ0n) is 11.8. The van der Waals surface area contributed by atoms with Gasteiger partial charge in [-0.3, -0.25) is 4.55 Å². The van der Waals surface area contributed by atoms with E-state index in [9.17, 15) is 18.1 Å². The number of aromatic hydroxyl groups is 1. The summed E-state index contributed by atoms with van der Waals surface area (Å²) in [4.78, 5) is -0.326. The molecule has 116 valence electrons. The standard InChI is InChI=1S/C16H12N2O4S/c19-16-13-9-5-4-8-12(13)15(23(20,21)22)10-14(16)18-17-11-6-2-1-3-7-11/h1-10,19H,(H,20,21,22). The Hall–Kier alpha value is -2.77. The van der Waals surface area contributed by atoms with Crippen LogP contribution in [-0.2, 0) is 10.1 Å². The fourth-order valence-corrected chi connectivity index (χ4v) is 2.93. The van der Waals surface area contributed by atoms with Gasteiger partial charge in [-0.15, -0.1) is 5.11 Å². The van der Waals surface area contributed by atoms with Gasteiger partial charge in [0.05, 0.1) is 5.69 Å². The Bertz CT molecular complexity index is 999. The fourth-order valence-electron chi connectivity index (χ4n) is 2.21. The molecule has 0 unspecified atom stereocenters. The van der Waals surface area contributed by atoms with E-state index in [0.29, 0.717) is 5.69 Å². The molecule has 6 nitrogen and oxygen atoms in total. The second-order valence-corrected chi connectivity index (χ2v) is 6.19. The number of azo groups is 1. The molecule has 0 amide bonds. The molecule has 2 N–H and O–H groups in total. The van der Waals surface area contributed by atoms with Crippen molar-refractivity contribution in [1.29, 1.82) is 0 Å². The van der Waals surface area contributed by atoms with Crippen LogP contribution in [0.2, 0.25) is 0 Å². The molecule has 3 aromatic carbocycles. The smallest absolute Gasteiger partial charge is 0.295 e. The summed E-state index contributed by atoms with van der Waals surface area (Å²) in [6.45, 7) is 0. The molecule has 0 aliphatic carbocycles. The summed E-state index contributed by atoms with van der Waals surface area (Å²) >= 11 is 0. The Balaban J connectivity index is 2.22. The van der Waals surface area contributed by atoms with Crippen molar-refractivity contribution in [3.8, 4) is 5.75 Å². The second kappa shape index (κ2) is 5.79. The first-order chi connectivity index (χ1) is 11.0. The number of phenols is 1. The van der Waals surface area contributed by atoms with Gasteiger partial charge in [0, 0.05) is 10.8 Å². The van der Waals surface area contributed by atoms with Gasteiger partial charge in [-0.2, -0.15) is 13.5 Å². The van der Waals surface area contributed by atoms with Crippen LogP contribution in [0.1, 0.15) is 0 Å². The molecule has 3 aromatic rings. The summed E-state index contributed by atoms with van der Waals surface area (Å²) < 4.78 is 32.6. The molecule has 0 saturated carbocycles. The Labute approximate surface area is 132 Å². The van der Waals surface area contributed by atoms with Gasteiger partial charge in [-0.1, -0.05) is 42.5 Å². The molecule has 0 heterocycles. The van der Waals surface area contributed by atoms with Crippen molar-refractivity contribution in [3.05, 3.63) is 60.7 Å². The zero-order chi connectivity index (χ0) is 16.4. The number of benzene rings is 3. The second-order valence-electron chi connectivity index (χ2n) is 4.80. The minimum atomic E-state index is -4.46. The first-order valence-electron chi connectivity index (χ1n) is 6.66. The quantitative estimate of drug-likeness (QED) is 0.555. The van der Waals surface area contributed by atoms with Gasteiger partial charge in [0.2, 0.25) is 0 Å². The first-order valence-corrected chi connectivity index (χ1v) is 8.10. The van der Waals surface area contributed by atoms with E-state index >= 15 is 0 Å². The third-order valence-electron chi connectivity index (χ3n) is 3.27. The largest absolute Gasteiger partial charge is 0.505 e. The summed E-state index contributed by atoms with van der Waals surface area (Å²) in [6, 6.07) is 16.2. The van der Waals surface area contributed by atoms with E-state index in [1.807, 2.05) is 6.07 Å². The van der Waals surface area contributed by atoms with E-state index in [4.69, 9.17) is 0 Å². The van der Waals surface area contributed by atoms with E-state index in [-0.39, 0.29) is 27.1 Å². The molecule has 0 aliphatic rings. The van der Waals surface area contributed by atoms with E-state index < -0.39 is 10.1 Å². The minimum Gasteiger partial charge on any atom is -0.505 e. The van der Waals surface area contributed by atoms with Crippen molar-refractivity contribution >= 4 is 32.3 Å². The Morgan fingerprint density at radius 3 is 2.09 bits per heavy atom. The van der Waals surface area contributed by atoms with E-state index in [1.54, 1.807) is 42.5 Å². The summed E-state index contributed by atoms with van der Waals surface area (Å²) in [5.41, 5.74) is 0.508. The number of nitrogens with zero attached hydrogens (tertiary/aromatic N) is 2. The molecule has 0 aliphatic heterocycles. The van der Waals surface area contributed by atoms with E-state index in [2.05, 4.69) is 10.2 Å². The normalized spacial score (nSPS) is 12.0. The van der Waals surface area contributed by atoms with Crippen molar-refractivity contribution in [2.45, 2.75) is 4.90 Å². The lowest BCUT2D eigenvalue weighted by molar-refractivity contribution is 0.480. The van der Waals surface area contributed by atoms with Crippen LogP contribution >= 0.6 is 0 Å². The average molecular weight is 328 g/mol. The van der Waals surface area contributed by atoms with Gasteiger partial charge in [0.1, 0.15) is 10.6 Å². The first kappa shape index (κ1) is 15.1. The molecule has 0 saturated heterocycles. The van der Waals surface area contributed by atoms with Crippen LogP contribution in [0.3, 0.4) is 0 Å². The molecular formula is C16H12N2O4S. The summed E-state index contributed by atoms with van der Waals surface area (Å²) in [5, 5.41) is 18.6. The third-order valence-corrected chi connectivity index (χ3v) is 4.16. The van der Waals surface area contributed by atoms with Gasteiger partial charge in [0.25, 0.3) is 10.1 Å². The summed E-state index contributed by atoms with van der Waals surface area (Å²) in [7, 11) is -4.46. The predicted octanol–water partition coefficient (Wildman–Crippen LogP) is 4.21. The SMILES string of the molecule is O=S(=O)(O)c1cc(N=Nc2ccccc2)c(O)c2ccccc12. The van der Waals surface area contributed by atoms with E-state index in [1.165, 1.54) is 6.07 Å². The number of phenolic OH excluding ortho intramolecular Hbond substituents is 1. The lowest BCUT2D eigenvalue weighted by Crippen LogP contribution is -1.99. The van der Waals surface area contributed by atoms with Crippen molar-refractivity contribution in [1.82, 2.24) is 0 Å². The van der Waals surface area contributed by atoms with Crippen LogP contribution in [0.15, 0.2) is 75.8 Å². The molecule has 0 atom stereocenters. The number of hydrogen-bond donors (Lipinski definition) is 2. The minimum absolute atomic E-state index is 0.0415. The Kier molecular flexibility index (Phi) is 3.81. The van der Waals surface area contributed by atoms with Crippen LogP contribution < -0.4 is 0 Å². The van der Waals surface area contributed by atoms with Crippen LogP contribution in [-0.4, -0.2) is 18.1 Å². The van der Waals surface area contributed by atoms with Crippen LogP contribution in [0, 0.1) is 0 Å². The molecule has 23 heavy (non-hydrogen) atoms. The monoisotopic (exact) mass is 328 g/mol. The maximum atomic E-state index is 11.6. The van der Waals surface area contributed by atoms with Crippen LogP contribution in [0.25, 0.3) is 10.8 Å². The highest BCUT2D eigenvalue weighted by molar-refractivity contribution is 7.86. The number of hydrogen-bond acceptors (Lipinski definition) is 5. The molecular weight excluding hydrogens is 316 g/mol. The number of rotatable bonds is 3. The molecule has 7 heteroatoms. The fraction of sp³-hybridized carbons (Fsp3) is 0. The van der Waals surface area contributed by atoms with Gasteiger partial charge < -0.3 is 5.11 Å². The topological polar surface area (TPSA) is 99.3 Å². The molecule has 0 spiro atoms. The maximum absolute atomic E-state index is 11.6. The van der Waals surface area contributed by atoms with Crippen LogP contribution in [0.5, 0.6) is 5.75 Å². The van der Waals surface area contributed by atoms with Crippen molar-refractivity contribution in [2.24, 2.45) is 10.2 Å². The molecule has 0 aromatic heterocycles. The van der Waals surface area contributed by atoms with Gasteiger partial charge in [-0.05, 0) is 18.2 Å². The Morgan fingerprint density at radius 2 is 1.43 bits per heavy atom. The Morgan fingerprint density at radius 1 is 0.826 bits per heavy atom. The molecule has 0 radical (unpaired) electrons. The highest BCUT2D eigenvalue weighted by Crippen LogP contribution is 2.39. The van der Waals surface area contributed by atoms with Gasteiger partial charge >= 0.3 is 0 Å². The van der Waals surface area contributed by atoms with Crippen molar-refractivity contribution in [2.75, 3.05) is 0 Å². The summed E-state index contributed by atoms with van der Waals surface area (Å²) in [6.07, 6.45) is 0. The van der Waals surface area contributed by atoms with Gasteiger partial charge in [0.15, 0.2) is 5.75 Å². The maximum Gasteiger partial charge on any atom is 0.295 e. The molecule has 3 rings (SSSR count). The third kappa shape index (κ3) is 3.05. The average Bonchev–Trinajstić information content (AvgIpc) is 2.54. The van der Waals surface area contributed by atoms with Crippen molar-refractivity contribution < 1.29 is 18.1 Å². The lowest BCUT2D eigenvalue weighted by Gasteiger charge is -2.08. The predicted molar refractivity (Wildman–Crippen MR) is 86.0 cm³/mol.